The van der Waals surface area contributed by atoms with Gasteiger partial charge in [0.1, 0.15) is 23.6 Å². The molecule has 2 aromatic heterocycles. The first kappa shape index (κ1) is 20.9. The van der Waals surface area contributed by atoms with Crippen LogP contribution >= 0.6 is 0 Å². The molecule has 2 heterocycles. The number of benzene rings is 3. The fourth-order valence-electron chi connectivity index (χ4n) is 3.23. The number of aromatic nitrogens is 4. The third kappa shape index (κ3) is 5.08. The molecule has 166 valence electrons. The summed E-state index contributed by atoms with van der Waals surface area (Å²) >= 11 is 0. The van der Waals surface area contributed by atoms with Crippen LogP contribution in [0.3, 0.4) is 0 Å². The number of nitrogens with one attached hydrogen (secondary N) is 2. The second-order valence-electron chi connectivity index (χ2n) is 7.31. The average molecular weight is 448 g/mol. The number of ether oxygens (including phenoxy) is 1. The molecule has 0 bridgehead atoms. The SMILES string of the molecule is O=C(Nc1ccc(Nc2cc(-n3cccn3)ncn2)cc1)c1ccc(Oc2ccccc2)cc1. The summed E-state index contributed by atoms with van der Waals surface area (Å²) in [6.07, 6.45) is 4.98. The molecule has 0 fully saturated rings. The highest BCUT2D eigenvalue weighted by Crippen LogP contribution is 2.22. The standard InChI is InChI=1S/C26H20N6O2/c33-26(19-7-13-23(14-8-19)34-22-5-2-1-3-6-22)31-21-11-9-20(10-12-21)30-24-17-25(28-18-27-24)32-16-4-15-29-32/h1-18H,(H,31,33)(H,27,28,30). The van der Waals surface area contributed by atoms with E-state index in [-0.39, 0.29) is 5.91 Å². The molecular weight excluding hydrogens is 428 g/mol. The maximum atomic E-state index is 12.6. The minimum absolute atomic E-state index is 0.202. The molecule has 0 atom stereocenters. The van der Waals surface area contributed by atoms with E-state index < -0.39 is 0 Å². The van der Waals surface area contributed by atoms with Crippen LogP contribution in [0.5, 0.6) is 11.5 Å². The Hall–Kier alpha value is -4.98. The lowest BCUT2D eigenvalue weighted by Gasteiger charge is -2.10. The normalized spacial score (nSPS) is 10.5. The van der Waals surface area contributed by atoms with Gasteiger partial charge >= 0.3 is 0 Å². The molecule has 5 aromatic rings. The maximum absolute atomic E-state index is 12.6. The van der Waals surface area contributed by atoms with Crippen LogP contribution in [0.2, 0.25) is 0 Å². The molecule has 0 spiro atoms. The van der Waals surface area contributed by atoms with Crippen molar-refractivity contribution in [2.24, 2.45) is 0 Å². The summed E-state index contributed by atoms with van der Waals surface area (Å²) in [7, 11) is 0. The van der Waals surface area contributed by atoms with Crippen molar-refractivity contribution in [2.75, 3.05) is 10.6 Å². The molecule has 0 unspecified atom stereocenters. The van der Waals surface area contributed by atoms with Crippen molar-refractivity contribution in [3.05, 3.63) is 115 Å². The van der Waals surface area contributed by atoms with Crippen molar-refractivity contribution in [3.8, 4) is 17.3 Å². The van der Waals surface area contributed by atoms with Gasteiger partial charge < -0.3 is 15.4 Å². The van der Waals surface area contributed by atoms with Gasteiger partial charge in [-0.1, -0.05) is 18.2 Å². The number of para-hydroxylation sites is 1. The summed E-state index contributed by atoms with van der Waals surface area (Å²) in [6, 6.07) is 27.5. The highest BCUT2D eigenvalue weighted by Gasteiger charge is 2.08. The molecule has 0 saturated heterocycles. The van der Waals surface area contributed by atoms with Gasteiger partial charge in [-0.05, 0) is 66.7 Å². The third-order valence-electron chi connectivity index (χ3n) is 4.90. The van der Waals surface area contributed by atoms with Crippen LogP contribution in [0, 0.1) is 0 Å². The molecule has 8 heteroatoms. The van der Waals surface area contributed by atoms with Crippen LogP contribution in [0.1, 0.15) is 10.4 Å². The van der Waals surface area contributed by atoms with Gasteiger partial charge in [0, 0.05) is 35.4 Å². The van der Waals surface area contributed by atoms with E-state index in [0.717, 1.165) is 11.4 Å². The largest absolute Gasteiger partial charge is 0.457 e. The summed E-state index contributed by atoms with van der Waals surface area (Å²) in [5.74, 6) is 2.50. The Labute approximate surface area is 195 Å². The van der Waals surface area contributed by atoms with Gasteiger partial charge in [-0.25, -0.2) is 14.6 Å². The lowest BCUT2D eigenvalue weighted by atomic mass is 10.2. The van der Waals surface area contributed by atoms with Crippen LogP contribution < -0.4 is 15.4 Å². The molecule has 0 aliphatic heterocycles. The summed E-state index contributed by atoms with van der Waals surface area (Å²) in [5, 5.41) is 10.3. The Bertz CT molecular complexity index is 1370. The Balaban J connectivity index is 1.20. The molecule has 0 aliphatic rings. The third-order valence-corrected chi connectivity index (χ3v) is 4.90. The molecule has 34 heavy (non-hydrogen) atoms. The van der Waals surface area contributed by atoms with Crippen molar-refractivity contribution in [3.63, 3.8) is 0 Å². The highest BCUT2D eigenvalue weighted by molar-refractivity contribution is 6.04. The molecule has 3 aromatic carbocycles. The first-order chi connectivity index (χ1) is 16.7. The minimum atomic E-state index is -0.202. The molecule has 1 amide bonds. The van der Waals surface area contributed by atoms with E-state index >= 15 is 0 Å². The zero-order valence-electron chi connectivity index (χ0n) is 18.0. The van der Waals surface area contributed by atoms with Gasteiger partial charge in [0.2, 0.25) is 0 Å². The predicted octanol–water partition coefficient (Wildman–Crippen LogP) is 5.45. The number of rotatable bonds is 7. The Morgan fingerprint density at radius 1 is 0.794 bits per heavy atom. The van der Waals surface area contributed by atoms with E-state index in [1.165, 1.54) is 6.33 Å². The smallest absolute Gasteiger partial charge is 0.255 e. The molecule has 2 N–H and O–H groups in total. The summed E-state index contributed by atoms with van der Waals surface area (Å²) in [6.45, 7) is 0. The number of anilines is 3. The summed E-state index contributed by atoms with van der Waals surface area (Å²) in [5.41, 5.74) is 2.04. The van der Waals surface area contributed by atoms with E-state index in [1.807, 2.05) is 66.9 Å². The zero-order chi connectivity index (χ0) is 23.2. The van der Waals surface area contributed by atoms with E-state index in [0.29, 0.717) is 28.6 Å². The van der Waals surface area contributed by atoms with Gasteiger partial charge in [-0.2, -0.15) is 5.10 Å². The van der Waals surface area contributed by atoms with E-state index in [9.17, 15) is 4.79 Å². The first-order valence-electron chi connectivity index (χ1n) is 10.6. The molecular formula is C26H20N6O2. The molecule has 8 nitrogen and oxygen atoms in total. The lowest BCUT2D eigenvalue weighted by Crippen LogP contribution is -2.11. The van der Waals surface area contributed by atoms with Crippen LogP contribution in [-0.2, 0) is 0 Å². The molecule has 5 rings (SSSR count). The number of nitrogens with zero attached hydrogens (tertiary/aromatic N) is 4. The fraction of sp³-hybridized carbons (Fsp3) is 0. The van der Waals surface area contributed by atoms with E-state index in [4.69, 9.17) is 4.74 Å². The van der Waals surface area contributed by atoms with Crippen molar-refractivity contribution in [1.29, 1.82) is 0 Å². The Morgan fingerprint density at radius 3 is 2.26 bits per heavy atom. The van der Waals surface area contributed by atoms with Gasteiger partial charge in [-0.15, -0.1) is 0 Å². The first-order valence-corrected chi connectivity index (χ1v) is 10.6. The number of carbonyl (C=O) groups excluding carboxylic acids is 1. The number of amides is 1. The maximum Gasteiger partial charge on any atom is 0.255 e. The topological polar surface area (TPSA) is 94.0 Å². The number of hydrogen-bond acceptors (Lipinski definition) is 6. The summed E-state index contributed by atoms with van der Waals surface area (Å²) < 4.78 is 7.43. The van der Waals surface area contributed by atoms with Crippen molar-refractivity contribution in [1.82, 2.24) is 19.7 Å². The van der Waals surface area contributed by atoms with Gasteiger partial charge in [0.15, 0.2) is 5.82 Å². The van der Waals surface area contributed by atoms with Gasteiger partial charge in [-0.3, -0.25) is 4.79 Å². The molecule has 0 radical (unpaired) electrons. The lowest BCUT2D eigenvalue weighted by molar-refractivity contribution is 0.102. The van der Waals surface area contributed by atoms with Crippen LogP contribution in [-0.4, -0.2) is 25.7 Å². The van der Waals surface area contributed by atoms with Crippen LogP contribution in [0.4, 0.5) is 17.2 Å². The molecule has 0 aliphatic carbocycles. The van der Waals surface area contributed by atoms with E-state index in [1.54, 1.807) is 41.2 Å². The highest BCUT2D eigenvalue weighted by atomic mass is 16.5. The average Bonchev–Trinajstić information content (AvgIpc) is 3.42. The van der Waals surface area contributed by atoms with Crippen molar-refractivity contribution >= 4 is 23.1 Å². The van der Waals surface area contributed by atoms with Gasteiger partial charge in [0.25, 0.3) is 5.91 Å². The fourth-order valence-corrected chi connectivity index (χ4v) is 3.23. The summed E-state index contributed by atoms with van der Waals surface area (Å²) in [4.78, 5) is 21.1. The predicted molar refractivity (Wildman–Crippen MR) is 130 cm³/mol. The second-order valence-corrected chi connectivity index (χ2v) is 7.31. The van der Waals surface area contributed by atoms with Crippen LogP contribution in [0.15, 0.2) is 110 Å². The monoisotopic (exact) mass is 448 g/mol. The quantitative estimate of drug-likeness (QED) is 0.344. The van der Waals surface area contributed by atoms with E-state index in [2.05, 4.69) is 25.7 Å². The second kappa shape index (κ2) is 9.66. The Morgan fingerprint density at radius 2 is 1.53 bits per heavy atom. The molecule has 0 saturated carbocycles. The van der Waals surface area contributed by atoms with Crippen LogP contribution in [0.25, 0.3) is 5.82 Å². The number of carbonyl (C=O) groups is 1. The van der Waals surface area contributed by atoms with Gasteiger partial charge in [0.05, 0.1) is 0 Å². The van der Waals surface area contributed by atoms with Crippen molar-refractivity contribution in [2.45, 2.75) is 0 Å². The zero-order valence-corrected chi connectivity index (χ0v) is 18.0. The van der Waals surface area contributed by atoms with Crippen molar-refractivity contribution < 1.29 is 9.53 Å². The Kier molecular flexibility index (Phi) is 5.94. The minimum Gasteiger partial charge on any atom is -0.457 e. The number of hydrogen-bond donors (Lipinski definition) is 2.